The van der Waals surface area contributed by atoms with Gasteiger partial charge in [0.2, 0.25) is 0 Å². The molecule has 1 aliphatic heterocycles. The quantitative estimate of drug-likeness (QED) is 0.521. The third-order valence-corrected chi connectivity index (χ3v) is 4.74. The van der Waals surface area contributed by atoms with Crippen molar-refractivity contribution in [2.24, 2.45) is 0 Å². The molecule has 0 saturated carbocycles. The minimum atomic E-state index is -0.469. The summed E-state index contributed by atoms with van der Waals surface area (Å²) in [6, 6.07) is 3.70. The zero-order chi connectivity index (χ0) is 16.5. The lowest BCUT2D eigenvalue weighted by molar-refractivity contribution is 0.00578. The largest absolute Gasteiger partial charge is 0.491 e. The third-order valence-electron chi connectivity index (χ3n) is 4.07. The van der Waals surface area contributed by atoms with Crippen LogP contribution in [0.5, 0.6) is 0 Å². The highest BCUT2D eigenvalue weighted by Crippen LogP contribution is 2.39. The molecule has 2 heterocycles. The smallest absolute Gasteiger partial charge is 0.400 e. The van der Waals surface area contributed by atoms with E-state index < -0.39 is 18.3 Å². The number of nitrogens with zero attached hydrogens (tertiary/aromatic N) is 2. The normalized spacial score (nSPS) is 20.0. The van der Waals surface area contributed by atoms with E-state index in [1.165, 1.54) is 0 Å². The number of nitriles is 1. The van der Waals surface area contributed by atoms with Gasteiger partial charge in [-0.05, 0) is 44.8 Å². The Hall–Kier alpha value is -0.995. The van der Waals surface area contributed by atoms with E-state index in [-0.39, 0.29) is 5.15 Å². The van der Waals surface area contributed by atoms with Crippen LogP contribution >= 0.6 is 24.2 Å². The van der Waals surface area contributed by atoms with Crippen LogP contribution in [0, 0.1) is 11.3 Å². The van der Waals surface area contributed by atoms with Crippen LogP contribution in [0.3, 0.4) is 0 Å². The van der Waals surface area contributed by atoms with Crippen LogP contribution in [-0.4, -0.2) is 29.1 Å². The standard InChI is InChI=1S/C15H18BClN2O2S/c1-14(2)15(3,4)21-16(20-14)12(9-22)6-10-5-11(7-18)13(17)19-8-10/h5-6,8,22H,9H2,1-4H3. The SMILES string of the molecule is CC1(C)OB(C(=Cc2cnc(Cl)c(C#N)c2)CS)OC1(C)C. The van der Waals surface area contributed by atoms with Crippen molar-refractivity contribution in [1.29, 1.82) is 5.26 Å². The first-order valence-electron chi connectivity index (χ1n) is 6.93. The van der Waals surface area contributed by atoms with Gasteiger partial charge in [0, 0.05) is 11.9 Å². The second-order valence-corrected chi connectivity index (χ2v) is 6.86. The maximum atomic E-state index is 9.02. The van der Waals surface area contributed by atoms with E-state index in [0.29, 0.717) is 11.3 Å². The lowest BCUT2D eigenvalue weighted by atomic mass is 9.78. The first-order chi connectivity index (χ1) is 10.2. The fraction of sp³-hybridized carbons (Fsp3) is 0.467. The van der Waals surface area contributed by atoms with Gasteiger partial charge in [0.1, 0.15) is 11.2 Å². The van der Waals surface area contributed by atoms with E-state index in [1.54, 1.807) is 12.3 Å². The zero-order valence-corrected chi connectivity index (χ0v) is 14.7. The predicted molar refractivity (Wildman–Crippen MR) is 91.9 cm³/mol. The van der Waals surface area contributed by atoms with Crippen molar-refractivity contribution >= 4 is 37.4 Å². The Morgan fingerprint density at radius 2 is 2.00 bits per heavy atom. The maximum Gasteiger partial charge on any atom is 0.491 e. The molecule has 116 valence electrons. The number of hydrogen-bond acceptors (Lipinski definition) is 5. The fourth-order valence-electron chi connectivity index (χ4n) is 2.02. The Balaban J connectivity index is 2.32. The predicted octanol–water partition coefficient (Wildman–Crippen LogP) is 3.55. The molecular formula is C15H18BClN2O2S. The molecule has 0 N–H and O–H groups in total. The molecule has 0 amide bonds. The van der Waals surface area contributed by atoms with Gasteiger partial charge in [0.05, 0.1) is 16.8 Å². The maximum absolute atomic E-state index is 9.02. The molecule has 0 radical (unpaired) electrons. The van der Waals surface area contributed by atoms with Crippen LogP contribution in [0.2, 0.25) is 5.15 Å². The minimum absolute atomic E-state index is 0.197. The first kappa shape index (κ1) is 17.4. The van der Waals surface area contributed by atoms with Crippen molar-refractivity contribution in [1.82, 2.24) is 4.98 Å². The van der Waals surface area contributed by atoms with E-state index in [4.69, 9.17) is 26.2 Å². The summed E-state index contributed by atoms with van der Waals surface area (Å²) in [6.07, 6.45) is 3.48. The second kappa shape index (κ2) is 6.25. The van der Waals surface area contributed by atoms with Crippen LogP contribution in [-0.2, 0) is 9.31 Å². The third kappa shape index (κ3) is 3.33. The number of thiol groups is 1. The van der Waals surface area contributed by atoms with Crippen molar-refractivity contribution in [3.63, 3.8) is 0 Å². The van der Waals surface area contributed by atoms with Gasteiger partial charge in [-0.1, -0.05) is 17.7 Å². The lowest BCUT2D eigenvalue weighted by Gasteiger charge is -2.32. The van der Waals surface area contributed by atoms with E-state index in [1.807, 2.05) is 39.8 Å². The van der Waals surface area contributed by atoms with Gasteiger partial charge in [-0.15, -0.1) is 0 Å². The number of pyridine rings is 1. The highest BCUT2D eigenvalue weighted by atomic mass is 35.5. The van der Waals surface area contributed by atoms with Crippen molar-refractivity contribution in [2.45, 2.75) is 38.9 Å². The van der Waals surface area contributed by atoms with Gasteiger partial charge in [-0.25, -0.2) is 4.98 Å². The second-order valence-electron chi connectivity index (χ2n) is 6.18. The number of aromatic nitrogens is 1. The molecule has 0 aromatic carbocycles. The van der Waals surface area contributed by atoms with Crippen LogP contribution in [0.1, 0.15) is 38.8 Å². The fourth-order valence-corrected chi connectivity index (χ4v) is 2.40. The lowest BCUT2D eigenvalue weighted by Crippen LogP contribution is -2.41. The Morgan fingerprint density at radius 1 is 1.41 bits per heavy atom. The minimum Gasteiger partial charge on any atom is -0.400 e. The van der Waals surface area contributed by atoms with Gasteiger partial charge < -0.3 is 9.31 Å². The van der Waals surface area contributed by atoms with Gasteiger partial charge in [-0.2, -0.15) is 17.9 Å². The van der Waals surface area contributed by atoms with E-state index >= 15 is 0 Å². The average molecular weight is 337 g/mol. The van der Waals surface area contributed by atoms with Gasteiger partial charge >= 0.3 is 7.12 Å². The zero-order valence-electron chi connectivity index (χ0n) is 13.1. The van der Waals surface area contributed by atoms with Crippen molar-refractivity contribution in [2.75, 3.05) is 5.75 Å². The summed E-state index contributed by atoms with van der Waals surface area (Å²) >= 11 is 10.2. The number of hydrogen-bond donors (Lipinski definition) is 1. The summed E-state index contributed by atoms with van der Waals surface area (Å²) in [5, 5.41) is 9.22. The summed E-state index contributed by atoms with van der Waals surface area (Å²) in [5.74, 6) is 0.474. The van der Waals surface area contributed by atoms with Gasteiger partial charge in [-0.3, -0.25) is 0 Å². The molecule has 0 aliphatic carbocycles. The molecule has 0 bridgehead atoms. The highest BCUT2D eigenvalue weighted by molar-refractivity contribution is 7.80. The highest BCUT2D eigenvalue weighted by Gasteiger charge is 2.52. The van der Waals surface area contributed by atoms with Gasteiger partial charge in [0.15, 0.2) is 0 Å². The molecular weight excluding hydrogens is 319 g/mol. The van der Waals surface area contributed by atoms with E-state index in [9.17, 15) is 0 Å². The monoisotopic (exact) mass is 336 g/mol. The molecule has 0 unspecified atom stereocenters. The average Bonchev–Trinajstić information content (AvgIpc) is 2.66. The van der Waals surface area contributed by atoms with E-state index in [2.05, 4.69) is 17.6 Å². The Bertz CT molecular complexity index is 639. The number of halogens is 1. The molecule has 1 saturated heterocycles. The van der Waals surface area contributed by atoms with Crippen LogP contribution < -0.4 is 0 Å². The molecule has 22 heavy (non-hydrogen) atoms. The van der Waals surface area contributed by atoms with Crippen LogP contribution in [0.4, 0.5) is 0 Å². The van der Waals surface area contributed by atoms with Crippen LogP contribution in [0.25, 0.3) is 6.08 Å². The summed E-state index contributed by atoms with van der Waals surface area (Å²) in [5.41, 5.74) is 1.16. The summed E-state index contributed by atoms with van der Waals surface area (Å²) in [4.78, 5) is 4.01. The molecule has 7 heteroatoms. The molecule has 0 spiro atoms. The molecule has 4 nitrogen and oxygen atoms in total. The first-order valence-corrected chi connectivity index (χ1v) is 7.94. The molecule has 1 aromatic rings. The van der Waals surface area contributed by atoms with E-state index in [0.717, 1.165) is 11.0 Å². The Kier molecular flexibility index (Phi) is 4.93. The molecule has 1 aliphatic rings. The van der Waals surface area contributed by atoms with Gasteiger partial charge in [0.25, 0.3) is 0 Å². The molecule has 0 atom stereocenters. The van der Waals surface area contributed by atoms with Crippen molar-refractivity contribution < 1.29 is 9.31 Å². The Labute approximate surface area is 142 Å². The van der Waals surface area contributed by atoms with Crippen molar-refractivity contribution in [3.05, 3.63) is 34.0 Å². The van der Waals surface area contributed by atoms with Crippen molar-refractivity contribution in [3.8, 4) is 6.07 Å². The Morgan fingerprint density at radius 3 is 2.50 bits per heavy atom. The molecule has 1 fully saturated rings. The summed E-state index contributed by atoms with van der Waals surface area (Å²) in [7, 11) is -0.469. The summed E-state index contributed by atoms with van der Waals surface area (Å²) < 4.78 is 12.0. The molecule has 2 rings (SSSR count). The topological polar surface area (TPSA) is 55.1 Å². The number of rotatable bonds is 3. The van der Waals surface area contributed by atoms with Crippen LogP contribution in [0.15, 0.2) is 17.7 Å². The molecule has 1 aromatic heterocycles. The summed E-state index contributed by atoms with van der Waals surface area (Å²) in [6.45, 7) is 8.00.